The van der Waals surface area contributed by atoms with E-state index in [1.54, 1.807) is 11.3 Å². The van der Waals surface area contributed by atoms with Crippen molar-refractivity contribution in [3.05, 3.63) is 16.1 Å². The normalized spacial score (nSPS) is 22.7. The molecule has 1 aromatic rings. The van der Waals surface area contributed by atoms with E-state index in [0.29, 0.717) is 19.1 Å². The molecule has 18 heavy (non-hydrogen) atoms. The van der Waals surface area contributed by atoms with Gasteiger partial charge in [-0.05, 0) is 12.8 Å². The molecule has 1 saturated heterocycles. The van der Waals surface area contributed by atoms with Crippen LogP contribution in [-0.4, -0.2) is 31.3 Å². The van der Waals surface area contributed by atoms with Crippen LogP contribution in [0, 0.1) is 0 Å². The van der Waals surface area contributed by atoms with Crippen LogP contribution in [0.5, 0.6) is 0 Å². The van der Waals surface area contributed by atoms with Crippen molar-refractivity contribution in [1.82, 2.24) is 4.98 Å². The second kappa shape index (κ2) is 4.63. The largest absolute Gasteiger partial charge is 0.468 e. The number of aromatic nitrogens is 1. The molecule has 1 aliphatic carbocycles. The fourth-order valence-corrected chi connectivity index (χ4v) is 3.83. The number of hydrogen-bond donors (Lipinski definition) is 0. The van der Waals surface area contributed by atoms with Gasteiger partial charge in [-0.25, -0.2) is 4.98 Å². The van der Waals surface area contributed by atoms with Gasteiger partial charge in [-0.1, -0.05) is 12.8 Å². The van der Waals surface area contributed by atoms with Gasteiger partial charge in [0.2, 0.25) is 0 Å². The lowest BCUT2D eigenvalue weighted by Gasteiger charge is -2.37. The number of esters is 1. The van der Waals surface area contributed by atoms with Crippen LogP contribution in [0.15, 0.2) is 5.38 Å². The monoisotopic (exact) mass is 267 g/mol. The summed E-state index contributed by atoms with van der Waals surface area (Å²) in [6.45, 7) is 0.793. The third-order valence-electron chi connectivity index (χ3n) is 3.99. The Labute approximate surface area is 110 Å². The molecular formula is C13H17NO3S. The zero-order chi connectivity index (χ0) is 12.6. The zero-order valence-corrected chi connectivity index (χ0v) is 11.3. The van der Waals surface area contributed by atoms with Crippen molar-refractivity contribution in [2.75, 3.05) is 20.3 Å². The van der Waals surface area contributed by atoms with Crippen LogP contribution < -0.4 is 0 Å². The molecule has 0 amide bonds. The van der Waals surface area contributed by atoms with E-state index >= 15 is 0 Å². The Morgan fingerprint density at radius 3 is 2.78 bits per heavy atom. The molecule has 0 N–H and O–H groups in total. The van der Waals surface area contributed by atoms with E-state index in [4.69, 9.17) is 14.5 Å². The first-order valence-corrected chi connectivity index (χ1v) is 7.26. The first kappa shape index (κ1) is 12.1. The van der Waals surface area contributed by atoms with E-state index in [1.165, 1.54) is 37.8 Å². The average Bonchev–Trinajstić information content (AvgIpc) is 2.97. The van der Waals surface area contributed by atoms with E-state index in [2.05, 4.69) is 0 Å². The number of ether oxygens (including phenoxy) is 2. The van der Waals surface area contributed by atoms with Crippen molar-refractivity contribution in [1.29, 1.82) is 0 Å². The molecule has 3 rings (SSSR count). The number of methoxy groups -OCH3 is 1. The molecule has 0 unspecified atom stereocenters. The summed E-state index contributed by atoms with van der Waals surface area (Å²) in [5.74, 6) is 0.372. The summed E-state index contributed by atoms with van der Waals surface area (Å²) >= 11 is 1.68. The summed E-state index contributed by atoms with van der Waals surface area (Å²) in [6.07, 6.45) is 5.05. The highest BCUT2D eigenvalue weighted by Gasteiger charge is 2.50. The average molecular weight is 267 g/mol. The van der Waals surface area contributed by atoms with E-state index in [9.17, 15) is 4.79 Å². The first-order valence-electron chi connectivity index (χ1n) is 6.38. The van der Waals surface area contributed by atoms with Gasteiger partial charge in [-0.3, -0.25) is 4.79 Å². The molecular weight excluding hydrogens is 250 g/mol. The molecule has 1 aliphatic heterocycles. The summed E-state index contributed by atoms with van der Waals surface area (Å²) in [7, 11) is 1.42. The Balaban J connectivity index is 1.85. The molecule has 4 nitrogen and oxygen atoms in total. The number of rotatable bonds is 3. The maximum Gasteiger partial charge on any atom is 0.322 e. The minimum atomic E-state index is -0.637. The Bertz CT molecular complexity index is 447. The van der Waals surface area contributed by atoms with Crippen molar-refractivity contribution >= 4 is 17.3 Å². The van der Waals surface area contributed by atoms with E-state index in [-0.39, 0.29) is 5.97 Å². The Morgan fingerprint density at radius 2 is 2.22 bits per heavy atom. The lowest BCUT2D eigenvalue weighted by atomic mass is 9.83. The summed E-state index contributed by atoms with van der Waals surface area (Å²) in [5.41, 5.74) is 0.203. The molecule has 1 saturated carbocycles. The summed E-state index contributed by atoms with van der Waals surface area (Å²) in [5, 5.41) is 3.19. The highest BCUT2D eigenvalue weighted by Crippen LogP contribution is 2.39. The van der Waals surface area contributed by atoms with Crippen LogP contribution in [0.2, 0.25) is 0 Å². The van der Waals surface area contributed by atoms with Crippen molar-refractivity contribution in [3.8, 4) is 0 Å². The predicted octanol–water partition coefficient (Wildman–Crippen LogP) is 2.24. The molecule has 0 spiro atoms. The van der Waals surface area contributed by atoms with Gasteiger partial charge in [-0.15, -0.1) is 11.3 Å². The molecule has 2 aliphatic rings. The van der Waals surface area contributed by atoms with E-state index < -0.39 is 5.41 Å². The summed E-state index contributed by atoms with van der Waals surface area (Å²) in [4.78, 5) is 16.6. The fraction of sp³-hybridized carbons (Fsp3) is 0.692. The van der Waals surface area contributed by atoms with Crippen molar-refractivity contribution in [2.45, 2.75) is 37.0 Å². The standard InChI is InChI=1S/C13H17NO3S/c1-16-12(15)13(7-17-8-13)10-6-18-11(14-10)9-4-2-3-5-9/h6,9H,2-5,7-8H2,1H3. The SMILES string of the molecule is COC(=O)C1(c2csc(C3CCCC3)n2)COC1. The van der Waals surface area contributed by atoms with Crippen LogP contribution >= 0.6 is 11.3 Å². The van der Waals surface area contributed by atoms with Gasteiger partial charge < -0.3 is 9.47 Å². The van der Waals surface area contributed by atoms with Crippen molar-refractivity contribution < 1.29 is 14.3 Å². The molecule has 0 atom stereocenters. The Morgan fingerprint density at radius 1 is 1.50 bits per heavy atom. The van der Waals surface area contributed by atoms with E-state index in [0.717, 1.165) is 5.69 Å². The number of hydrogen-bond acceptors (Lipinski definition) is 5. The second-order valence-corrected chi connectivity index (χ2v) is 6.01. The Hall–Kier alpha value is -0.940. The van der Waals surface area contributed by atoms with Crippen LogP contribution in [0.4, 0.5) is 0 Å². The smallest absolute Gasteiger partial charge is 0.322 e. The Kier molecular flexibility index (Phi) is 3.11. The van der Waals surface area contributed by atoms with E-state index in [1.807, 2.05) is 5.38 Å². The molecule has 2 heterocycles. The van der Waals surface area contributed by atoms with Gasteiger partial charge in [0.15, 0.2) is 5.41 Å². The van der Waals surface area contributed by atoms with Crippen LogP contribution in [0.25, 0.3) is 0 Å². The highest BCUT2D eigenvalue weighted by atomic mass is 32.1. The maximum absolute atomic E-state index is 11.9. The molecule has 98 valence electrons. The maximum atomic E-state index is 11.9. The van der Waals surface area contributed by atoms with Crippen LogP contribution in [0.3, 0.4) is 0 Å². The molecule has 0 bridgehead atoms. The van der Waals surface area contributed by atoms with Crippen molar-refractivity contribution in [3.63, 3.8) is 0 Å². The number of nitrogens with zero attached hydrogens (tertiary/aromatic N) is 1. The molecule has 2 fully saturated rings. The third kappa shape index (κ3) is 1.77. The van der Waals surface area contributed by atoms with Crippen LogP contribution in [-0.2, 0) is 19.7 Å². The molecule has 0 aromatic carbocycles. The topological polar surface area (TPSA) is 48.4 Å². The molecule has 1 aromatic heterocycles. The first-order chi connectivity index (χ1) is 8.76. The van der Waals surface area contributed by atoms with Gasteiger partial charge in [0.1, 0.15) is 0 Å². The second-order valence-electron chi connectivity index (χ2n) is 5.12. The van der Waals surface area contributed by atoms with Crippen LogP contribution in [0.1, 0.15) is 42.3 Å². The summed E-state index contributed by atoms with van der Waals surface area (Å²) < 4.78 is 10.1. The summed E-state index contributed by atoms with van der Waals surface area (Å²) in [6, 6.07) is 0. The van der Waals surface area contributed by atoms with Gasteiger partial charge in [0.25, 0.3) is 0 Å². The minimum Gasteiger partial charge on any atom is -0.468 e. The van der Waals surface area contributed by atoms with Gasteiger partial charge in [0.05, 0.1) is 31.0 Å². The fourth-order valence-electron chi connectivity index (χ4n) is 2.74. The predicted molar refractivity (Wildman–Crippen MR) is 67.8 cm³/mol. The number of carbonyl (C=O) groups excluding carboxylic acids is 1. The van der Waals surface area contributed by atoms with Gasteiger partial charge >= 0.3 is 5.97 Å². The van der Waals surface area contributed by atoms with Gasteiger partial charge in [-0.2, -0.15) is 0 Å². The number of carbonyl (C=O) groups is 1. The lowest BCUT2D eigenvalue weighted by Crippen LogP contribution is -2.53. The van der Waals surface area contributed by atoms with Crippen molar-refractivity contribution in [2.24, 2.45) is 0 Å². The quantitative estimate of drug-likeness (QED) is 0.788. The zero-order valence-electron chi connectivity index (χ0n) is 10.5. The minimum absolute atomic E-state index is 0.225. The van der Waals surface area contributed by atoms with Gasteiger partial charge in [0, 0.05) is 11.3 Å². The number of thiazole rings is 1. The third-order valence-corrected chi connectivity index (χ3v) is 5.00. The highest BCUT2D eigenvalue weighted by molar-refractivity contribution is 7.09. The molecule has 0 radical (unpaired) electrons. The lowest BCUT2D eigenvalue weighted by molar-refractivity contribution is -0.167. The molecule has 5 heteroatoms.